The van der Waals surface area contributed by atoms with E-state index in [1.54, 1.807) is 0 Å². The number of nitrogens with two attached hydrogens (primary N) is 2. The van der Waals surface area contributed by atoms with Gasteiger partial charge in [-0.3, -0.25) is 0 Å². The number of hydrogen-bond donors (Lipinski definition) is 3. The Labute approximate surface area is 120 Å². The van der Waals surface area contributed by atoms with Crippen molar-refractivity contribution in [3.63, 3.8) is 0 Å². The summed E-state index contributed by atoms with van der Waals surface area (Å²) in [6.45, 7) is 12.7. The summed E-state index contributed by atoms with van der Waals surface area (Å²) in [5.74, 6) is 0. The number of rotatable bonds is 11. The SMILES string of the molecule is CN(CCCCNCCC(C)(C)N)CCC(C)(C)N. The van der Waals surface area contributed by atoms with E-state index in [4.69, 9.17) is 11.5 Å². The molecule has 0 amide bonds. The van der Waals surface area contributed by atoms with Gasteiger partial charge in [-0.05, 0) is 86.6 Å². The number of unbranched alkanes of at least 4 members (excludes halogenated alkanes) is 1. The molecule has 0 bridgehead atoms. The van der Waals surface area contributed by atoms with Gasteiger partial charge in [0.05, 0.1) is 0 Å². The van der Waals surface area contributed by atoms with Crippen molar-refractivity contribution in [2.75, 3.05) is 33.2 Å². The lowest BCUT2D eigenvalue weighted by molar-refractivity contribution is 0.289. The number of nitrogens with zero attached hydrogens (tertiary/aromatic N) is 1. The third-order valence-electron chi connectivity index (χ3n) is 3.23. The zero-order valence-electron chi connectivity index (χ0n) is 13.8. The van der Waals surface area contributed by atoms with E-state index in [2.05, 4.69) is 45.0 Å². The molecular weight excluding hydrogens is 236 g/mol. The van der Waals surface area contributed by atoms with Gasteiger partial charge in [0.2, 0.25) is 0 Å². The zero-order valence-corrected chi connectivity index (χ0v) is 13.8. The van der Waals surface area contributed by atoms with Gasteiger partial charge in [0.25, 0.3) is 0 Å². The standard InChI is InChI=1S/C15H36N4/c1-14(2,16)8-11-18-10-6-7-12-19(5)13-9-15(3,4)17/h18H,6-13,16-17H2,1-5H3. The first kappa shape index (κ1) is 18.8. The Balaban J connectivity index is 3.35. The minimum absolute atomic E-state index is 0.0508. The zero-order chi connectivity index (χ0) is 14.9. The molecule has 0 rings (SSSR count). The van der Waals surface area contributed by atoms with Crippen LogP contribution >= 0.6 is 0 Å². The third-order valence-corrected chi connectivity index (χ3v) is 3.23. The van der Waals surface area contributed by atoms with Crippen LogP contribution in [0.4, 0.5) is 0 Å². The average molecular weight is 272 g/mol. The summed E-state index contributed by atoms with van der Waals surface area (Å²) in [6.07, 6.45) is 4.54. The quantitative estimate of drug-likeness (QED) is 0.499. The van der Waals surface area contributed by atoms with Crippen molar-refractivity contribution in [3.8, 4) is 0 Å². The molecular formula is C15H36N4. The molecule has 5 N–H and O–H groups in total. The lowest BCUT2D eigenvalue weighted by Crippen LogP contribution is -2.37. The second-order valence-corrected chi connectivity index (χ2v) is 7.24. The first-order valence-corrected chi connectivity index (χ1v) is 7.57. The first-order chi connectivity index (χ1) is 8.60. The number of hydrogen-bond acceptors (Lipinski definition) is 4. The Bertz CT molecular complexity index is 215. The fraction of sp³-hybridized carbons (Fsp3) is 1.00. The molecule has 19 heavy (non-hydrogen) atoms. The van der Waals surface area contributed by atoms with Crippen LogP contribution in [0, 0.1) is 0 Å². The van der Waals surface area contributed by atoms with Gasteiger partial charge in [-0.2, -0.15) is 0 Å². The van der Waals surface area contributed by atoms with E-state index >= 15 is 0 Å². The smallest absolute Gasteiger partial charge is 0.0109 e. The van der Waals surface area contributed by atoms with E-state index in [1.165, 1.54) is 12.8 Å². The lowest BCUT2D eigenvalue weighted by atomic mass is 10.0. The molecule has 4 nitrogen and oxygen atoms in total. The summed E-state index contributed by atoms with van der Waals surface area (Å²) >= 11 is 0. The molecule has 0 spiro atoms. The minimum Gasteiger partial charge on any atom is -0.326 e. The van der Waals surface area contributed by atoms with Crippen LogP contribution in [-0.4, -0.2) is 49.2 Å². The summed E-state index contributed by atoms with van der Waals surface area (Å²) in [5, 5.41) is 3.45. The van der Waals surface area contributed by atoms with E-state index < -0.39 is 0 Å². The molecule has 0 unspecified atom stereocenters. The van der Waals surface area contributed by atoms with Crippen LogP contribution in [0.5, 0.6) is 0 Å². The Kier molecular flexibility index (Phi) is 8.83. The van der Waals surface area contributed by atoms with Crippen molar-refractivity contribution >= 4 is 0 Å². The molecule has 0 saturated carbocycles. The highest BCUT2D eigenvalue weighted by molar-refractivity contribution is 4.73. The molecule has 0 aliphatic rings. The second-order valence-electron chi connectivity index (χ2n) is 7.24. The van der Waals surface area contributed by atoms with Crippen LogP contribution in [0.25, 0.3) is 0 Å². The fourth-order valence-corrected chi connectivity index (χ4v) is 1.76. The predicted octanol–water partition coefficient (Wildman–Crippen LogP) is 1.54. The fourth-order valence-electron chi connectivity index (χ4n) is 1.76. The molecule has 0 atom stereocenters. The van der Waals surface area contributed by atoms with E-state index in [1.807, 2.05) is 0 Å². The Morgan fingerprint density at radius 1 is 0.842 bits per heavy atom. The highest BCUT2D eigenvalue weighted by atomic mass is 15.1. The van der Waals surface area contributed by atoms with Crippen molar-refractivity contribution < 1.29 is 0 Å². The van der Waals surface area contributed by atoms with Gasteiger partial charge in [-0.25, -0.2) is 0 Å². The van der Waals surface area contributed by atoms with Crippen LogP contribution < -0.4 is 16.8 Å². The van der Waals surface area contributed by atoms with Gasteiger partial charge in [0.15, 0.2) is 0 Å². The van der Waals surface area contributed by atoms with Crippen molar-refractivity contribution in [2.24, 2.45) is 11.5 Å². The predicted molar refractivity (Wildman–Crippen MR) is 85.4 cm³/mol. The Hall–Kier alpha value is -0.160. The molecule has 4 heteroatoms. The van der Waals surface area contributed by atoms with Crippen LogP contribution in [0.1, 0.15) is 53.4 Å². The van der Waals surface area contributed by atoms with Crippen molar-refractivity contribution in [2.45, 2.75) is 64.5 Å². The number of nitrogens with one attached hydrogen (secondary N) is 1. The second kappa shape index (κ2) is 8.90. The average Bonchev–Trinajstić information content (AvgIpc) is 2.22. The topological polar surface area (TPSA) is 67.3 Å². The Morgan fingerprint density at radius 3 is 1.95 bits per heavy atom. The molecule has 0 aromatic heterocycles. The van der Waals surface area contributed by atoms with Crippen LogP contribution in [-0.2, 0) is 0 Å². The summed E-state index contributed by atoms with van der Waals surface area (Å²) < 4.78 is 0. The molecule has 0 radical (unpaired) electrons. The molecule has 0 heterocycles. The Morgan fingerprint density at radius 2 is 1.42 bits per heavy atom. The molecule has 0 aromatic rings. The molecule has 0 saturated heterocycles. The summed E-state index contributed by atoms with van der Waals surface area (Å²) in [5.41, 5.74) is 11.8. The largest absolute Gasteiger partial charge is 0.326 e. The van der Waals surface area contributed by atoms with Crippen LogP contribution in [0.2, 0.25) is 0 Å². The van der Waals surface area contributed by atoms with Crippen molar-refractivity contribution in [1.29, 1.82) is 0 Å². The first-order valence-electron chi connectivity index (χ1n) is 7.57. The molecule has 116 valence electrons. The van der Waals surface area contributed by atoms with Gasteiger partial charge in [0.1, 0.15) is 0 Å². The molecule has 0 aliphatic heterocycles. The minimum atomic E-state index is -0.0533. The van der Waals surface area contributed by atoms with Crippen LogP contribution in [0.15, 0.2) is 0 Å². The van der Waals surface area contributed by atoms with Crippen molar-refractivity contribution in [1.82, 2.24) is 10.2 Å². The van der Waals surface area contributed by atoms with Gasteiger partial charge >= 0.3 is 0 Å². The summed E-state index contributed by atoms with van der Waals surface area (Å²) in [7, 11) is 2.18. The monoisotopic (exact) mass is 272 g/mol. The summed E-state index contributed by atoms with van der Waals surface area (Å²) in [6, 6.07) is 0. The van der Waals surface area contributed by atoms with E-state index in [9.17, 15) is 0 Å². The van der Waals surface area contributed by atoms with Gasteiger partial charge in [-0.1, -0.05) is 0 Å². The maximum atomic E-state index is 5.98. The van der Waals surface area contributed by atoms with Crippen molar-refractivity contribution in [3.05, 3.63) is 0 Å². The highest BCUT2D eigenvalue weighted by Gasteiger charge is 2.11. The van der Waals surface area contributed by atoms with E-state index in [0.717, 1.165) is 39.0 Å². The van der Waals surface area contributed by atoms with Gasteiger partial charge in [0, 0.05) is 11.1 Å². The molecule has 0 fully saturated rings. The molecule has 0 aromatic carbocycles. The molecule has 0 aliphatic carbocycles. The lowest BCUT2D eigenvalue weighted by Gasteiger charge is -2.23. The summed E-state index contributed by atoms with van der Waals surface area (Å²) in [4.78, 5) is 2.37. The van der Waals surface area contributed by atoms with Gasteiger partial charge < -0.3 is 21.7 Å². The van der Waals surface area contributed by atoms with E-state index in [-0.39, 0.29) is 11.1 Å². The third kappa shape index (κ3) is 15.8. The normalized spacial score (nSPS) is 13.3. The maximum absolute atomic E-state index is 5.98. The highest BCUT2D eigenvalue weighted by Crippen LogP contribution is 2.05. The maximum Gasteiger partial charge on any atom is 0.0109 e. The van der Waals surface area contributed by atoms with Crippen LogP contribution in [0.3, 0.4) is 0 Å². The van der Waals surface area contributed by atoms with Gasteiger partial charge in [-0.15, -0.1) is 0 Å². The van der Waals surface area contributed by atoms with E-state index in [0.29, 0.717) is 0 Å².